The number of hydrogen-bond donors (Lipinski definition) is 1. The fourth-order valence-corrected chi connectivity index (χ4v) is 4.10. The number of aryl methyl sites for hydroxylation is 2. The van der Waals surface area contributed by atoms with Gasteiger partial charge in [-0.25, -0.2) is 9.97 Å². The molecular formula is C14H17N3S. The number of hydrogen-bond acceptors (Lipinski definition) is 4. The Kier molecular flexibility index (Phi) is 2.34. The fraction of sp³-hybridized carbons (Fsp3) is 0.571. The summed E-state index contributed by atoms with van der Waals surface area (Å²) in [7, 11) is 0. The highest BCUT2D eigenvalue weighted by Crippen LogP contribution is 2.43. The molecular weight excluding hydrogens is 242 g/mol. The first-order valence-corrected chi connectivity index (χ1v) is 7.74. The van der Waals surface area contributed by atoms with Crippen molar-refractivity contribution in [2.24, 2.45) is 0 Å². The van der Waals surface area contributed by atoms with Crippen LogP contribution in [0.1, 0.15) is 48.4 Å². The molecule has 2 aromatic rings. The summed E-state index contributed by atoms with van der Waals surface area (Å²) in [6.45, 7) is 3.07. The minimum Gasteiger partial charge on any atom is -0.370 e. The van der Waals surface area contributed by atoms with Crippen molar-refractivity contribution in [3.8, 4) is 0 Å². The summed E-state index contributed by atoms with van der Waals surface area (Å²) in [5, 5.41) is 4.76. The molecule has 1 saturated carbocycles. The lowest BCUT2D eigenvalue weighted by Crippen LogP contribution is -2.04. The fourth-order valence-electron chi connectivity index (χ4n) is 2.83. The Hall–Kier alpha value is -1.16. The van der Waals surface area contributed by atoms with Crippen LogP contribution < -0.4 is 5.32 Å². The van der Waals surface area contributed by atoms with Crippen molar-refractivity contribution in [3.63, 3.8) is 0 Å². The average molecular weight is 259 g/mol. The third-order valence-corrected chi connectivity index (χ3v) is 5.05. The maximum atomic E-state index is 4.81. The molecule has 2 aliphatic rings. The van der Waals surface area contributed by atoms with Crippen molar-refractivity contribution in [1.29, 1.82) is 0 Å². The quantitative estimate of drug-likeness (QED) is 0.917. The third-order valence-electron chi connectivity index (χ3n) is 3.87. The lowest BCUT2D eigenvalue weighted by Gasteiger charge is -2.07. The van der Waals surface area contributed by atoms with E-state index in [1.807, 2.05) is 11.3 Å². The first-order chi connectivity index (χ1) is 8.86. The monoisotopic (exact) mass is 259 g/mol. The Labute approximate surface area is 111 Å². The van der Waals surface area contributed by atoms with Crippen LogP contribution >= 0.6 is 11.3 Å². The topological polar surface area (TPSA) is 37.8 Å². The molecule has 18 heavy (non-hydrogen) atoms. The zero-order valence-electron chi connectivity index (χ0n) is 10.6. The summed E-state index contributed by atoms with van der Waals surface area (Å²) in [6.07, 6.45) is 6.28. The van der Waals surface area contributed by atoms with Crippen molar-refractivity contribution in [2.45, 2.75) is 44.9 Å². The van der Waals surface area contributed by atoms with Crippen molar-refractivity contribution < 1.29 is 0 Å². The maximum absolute atomic E-state index is 4.81. The van der Waals surface area contributed by atoms with Gasteiger partial charge in [0.05, 0.1) is 5.39 Å². The molecule has 3 nitrogen and oxygen atoms in total. The second kappa shape index (κ2) is 3.92. The van der Waals surface area contributed by atoms with Gasteiger partial charge in [0.2, 0.25) is 0 Å². The predicted molar refractivity (Wildman–Crippen MR) is 75.6 cm³/mol. The van der Waals surface area contributed by atoms with Crippen molar-refractivity contribution in [2.75, 3.05) is 11.9 Å². The van der Waals surface area contributed by atoms with Gasteiger partial charge in [0.15, 0.2) is 0 Å². The van der Waals surface area contributed by atoms with Gasteiger partial charge in [-0.2, -0.15) is 0 Å². The van der Waals surface area contributed by atoms with Crippen molar-refractivity contribution >= 4 is 27.4 Å². The summed E-state index contributed by atoms with van der Waals surface area (Å²) >= 11 is 1.89. The van der Waals surface area contributed by atoms with Gasteiger partial charge in [0.1, 0.15) is 16.5 Å². The van der Waals surface area contributed by atoms with Crippen LogP contribution in [0.2, 0.25) is 0 Å². The van der Waals surface area contributed by atoms with Crippen molar-refractivity contribution in [1.82, 2.24) is 9.97 Å². The maximum Gasteiger partial charge on any atom is 0.138 e. The Bertz CT molecular complexity index is 613. The van der Waals surface area contributed by atoms with Gasteiger partial charge in [0, 0.05) is 17.3 Å². The Morgan fingerprint density at radius 2 is 2.17 bits per heavy atom. The molecule has 0 unspecified atom stereocenters. The van der Waals surface area contributed by atoms with E-state index >= 15 is 0 Å². The van der Waals surface area contributed by atoms with Crippen LogP contribution in [0.5, 0.6) is 0 Å². The first-order valence-electron chi connectivity index (χ1n) is 6.93. The molecule has 1 fully saturated rings. The molecule has 2 aromatic heterocycles. The molecule has 94 valence electrons. The standard InChI is InChI=1S/C14H17N3S/c1-2-15-13-11-9-4-3-5-10(9)18-14(11)17-12(16-13)8-6-7-8/h8H,2-7H2,1H3,(H,15,16,17). The number of fused-ring (bicyclic) bond motifs is 3. The van der Waals surface area contributed by atoms with Crippen LogP contribution in [0.15, 0.2) is 0 Å². The van der Waals surface area contributed by atoms with Crippen LogP contribution in [-0.4, -0.2) is 16.5 Å². The number of aromatic nitrogens is 2. The molecule has 2 aliphatic carbocycles. The van der Waals surface area contributed by atoms with Crippen LogP contribution in [0, 0.1) is 0 Å². The van der Waals surface area contributed by atoms with Crippen molar-refractivity contribution in [3.05, 3.63) is 16.3 Å². The largest absolute Gasteiger partial charge is 0.370 e. The Morgan fingerprint density at radius 1 is 1.28 bits per heavy atom. The highest BCUT2D eigenvalue weighted by Gasteiger charge is 2.29. The summed E-state index contributed by atoms with van der Waals surface area (Å²) in [6, 6.07) is 0. The first kappa shape index (κ1) is 10.7. The molecule has 0 saturated heterocycles. The summed E-state index contributed by atoms with van der Waals surface area (Å²) < 4.78 is 0. The molecule has 1 N–H and O–H groups in total. The zero-order valence-corrected chi connectivity index (χ0v) is 11.4. The van der Waals surface area contributed by atoms with Gasteiger partial charge in [-0.3, -0.25) is 0 Å². The van der Waals surface area contributed by atoms with Gasteiger partial charge in [-0.05, 0) is 44.6 Å². The number of anilines is 1. The van der Waals surface area contributed by atoms with Gasteiger partial charge in [0.25, 0.3) is 0 Å². The van der Waals surface area contributed by atoms with E-state index in [9.17, 15) is 0 Å². The van der Waals surface area contributed by atoms with E-state index < -0.39 is 0 Å². The SMILES string of the molecule is CCNc1nc(C2CC2)nc2sc3c(c12)CCC3. The van der Waals surface area contributed by atoms with Gasteiger partial charge >= 0.3 is 0 Å². The van der Waals surface area contributed by atoms with Gasteiger partial charge in [-0.15, -0.1) is 11.3 Å². The molecule has 4 rings (SSSR count). The van der Waals surface area contributed by atoms with Crippen LogP contribution in [0.3, 0.4) is 0 Å². The minimum atomic E-state index is 0.628. The minimum absolute atomic E-state index is 0.628. The predicted octanol–water partition coefficient (Wildman–Crippen LogP) is 3.49. The molecule has 0 aliphatic heterocycles. The highest BCUT2D eigenvalue weighted by atomic mass is 32.1. The number of thiophene rings is 1. The molecule has 2 heterocycles. The molecule has 0 aromatic carbocycles. The summed E-state index contributed by atoms with van der Waals surface area (Å²) in [5.41, 5.74) is 1.52. The molecule has 0 atom stereocenters. The van der Waals surface area contributed by atoms with Gasteiger partial charge in [-0.1, -0.05) is 0 Å². The normalized spacial score (nSPS) is 18.3. The third kappa shape index (κ3) is 1.55. The van der Waals surface area contributed by atoms with E-state index in [0.29, 0.717) is 5.92 Å². The molecule has 0 radical (unpaired) electrons. The van der Waals surface area contributed by atoms with Crippen LogP contribution in [0.4, 0.5) is 5.82 Å². The molecule has 4 heteroatoms. The van der Waals surface area contributed by atoms with Crippen LogP contribution in [-0.2, 0) is 12.8 Å². The van der Waals surface area contributed by atoms with E-state index in [2.05, 4.69) is 12.2 Å². The van der Waals surface area contributed by atoms with E-state index in [-0.39, 0.29) is 0 Å². The van der Waals surface area contributed by atoms with E-state index in [4.69, 9.17) is 9.97 Å². The molecule has 0 amide bonds. The van der Waals surface area contributed by atoms with Crippen LogP contribution in [0.25, 0.3) is 10.2 Å². The highest BCUT2D eigenvalue weighted by molar-refractivity contribution is 7.19. The van der Waals surface area contributed by atoms with E-state index in [1.165, 1.54) is 47.9 Å². The van der Waals surface area contributed by atoms with E-state index in [0.717, 1.165) is 18.2 Å². The molecule has 0 spiro atoms. The van der Waals surface area contributed by atoms with E-state index in [1.54, 1.807) is 4.88 Å². The summed E-state index contributed by atoms with van der Waals surface area (Å²) in [4.78, 5) is 12.4. The Morgan fingerprint density at radius 3 is 2.94 bits per heavy atom. The van der Waals surface area contributed by atoms with Gasteiger partial charge < -0.3 is 5.32 Å². The lowest BCUT2D eigenvalue weighted by molar-refractivity contribution is 0.914. The summed E-state index contributed by atoms with van der Waals surface area (Å²) in [5.74, 6) is 2.78. The Balaban J connectivity index is 1.95. The smallest absolute Gasteiger partial charge is 0.138 e. The molecule has 0 bridgehead atoms. The average Bonchev–Trinajstić information content (AvgIpc) is 3.01. The number of nitrogens with one attached hydrogen (secondary N) is 1. The number of rotatable bonds is 3. The zero-order chi connectivity index (χ0) is 12.1. The number of nitrogens with zero attached hydrogens (tertiary/aromatic N) is 2. The second-order valence-electron chi connectivity index (χ2n) is 5.27. The lowest BCUT2D eigenvalue weighted by atomic mass is 10.2. The second-order valence-corrected chi connectivity index (χ2v) is 6.36.